The fourth-order valence-corrected chi connectivity index (χ4v) is 12.6. The van der Waals surface area contributed by atoms with Crippen LogP contribution in [0.5, 0.6) is 0 Å². The number of hydrogen-bond donors (Lipinski definition) is 0. The molecule has 1 unspecified atom stereocenters. The molecule has 0 saturated carbocycles. The zero-order valence-corrected chi connectivity index (χ0v) is 41.0. The molecule has 6 heteroatoms. The van der Waals surface area contributed by atoms with E-state index in [1.165, 1.54) is 44.2 Å². The number of aromatic nitrogens is 4. The Hall–Kier alpha value is -10.2. The number of fused-ring (bicyclic) bond motifs is 16. The van der Waals surface area contributed by atoms with Crippen molar-refractivity contribution < 1.29 is 4.42 Å². The Morgan fingerprint density at radius 2 is 0.895 bits per heavy atom. The van der Waals surface area contributed by atoms with Crippen molar-refractivity contribution in [1.29, 1.82) is 0 Å². The Bertz CT molecular complexity index is 4580. The Morgan fingerprint density at radius 3 is 1.66 bits per heavy atom. The van der Waals surface area contributed by atoms with Crippen LogP contribution >= 0.6 is 0 Å². The molecule has 354 valence electrons. The van der Waals surface area contributed by atoms with Crippen molar-refractivity contribution in [2.24, 2.45) is 0 Å². The van der Waals surface area contributed by atoms with E-state index in [2.05, 4.69) is 228 Å². The first-order valence-corrected chi connectivity index (χ1v) is 25.8. The number of benzene rings is 11. The van der Waals surface area contributed by atoms with Gasteiger partial charge in [-0.25, -0.2) is 4.98 Å². The van der Waals surface area contributed by atoms with Gasteiger partial charge in [-0.2, -0.15) is 9.97 Å². The molecule has 11 aromatic carbocycles. The number of hydrogen-bond acceptors (Lipinski definition) is 5. The highest BCUT2D eigenvalue weighted by molar-refractivity contribution is 6.16. The average Bonchev–Trinajstić information content (AvgIpc) is 4.34. The van der Waals surface area contributed by atoms with Gasteiger partial charge in [0, 0.05) is 38.4 Å². The SMILES string of the molecule is c1ccc(-c2ccc(-n3c4ccccc4c4cc(-c5ccc6c(c5)N(c5nc(-c7ccccc7)nc(-c7ccccc7)n5)c5ccccc5C65c6ccccc6-c6c5ccc5oc7ccccc7c65)ccc43)cc2)cc1. The highest BCUT2D eigenvalue weighted by Crippen LogP contribution is 2.65. The Morgan fingerprint density at radius 1 is 0.342 bits per heavy atom. The normalized spacial score (nSPS) is 14.3. The molecule has 0 N–H and O–H groups in total. The minimum Gasteiger partial charge on any atom is -0.456 e. The fourth-order valence-electron chi connectivity index (χ4n) is 12.6. The molecule has 0 radical (unpaired) electrons. The van der Waals surface area contributed by atoms with E-state index in [4.69, 9.17) is 19.4 Å². The molecule has 16 rings (SSSR count). The predicted molar refractivity (Wildman–Crippen MR) is 309 cm³/mol. The van der Waals surface area contributed by atoms with Gasteiger partial charge in [-0.15, -0.1) is 0 Å². The summed E-state index contributed by atoms with van der Waals surface area (Å²) < 4.78 is 9.01. The van der Waals surface area contributed by atoms with E-state index in [9.17, 15) is 0 Å². The van der Waals surface area contributed by atoms with Crippen LogP contribution in [0.2, 0.25) is 0 Å². The van der Waals surface area contributed by atoms with Gasteiger partial charge in [0.1, 0.15) is 11.2 Å². The van der Waals surface area contributed by atoms with Crippen LogP contribution in [-0.4, -0.2) is 19.5 Å². The molecule has 3 aromatic heterocycles. The molecule has 76 heavy (non-hydrogen) atoms. The molecule has 0 amide bonds. The van der Waals surface area contributed by atoms with Crippen LogP contribution in [0.1, 0.15) is 22.3 Å². The van der Waals surface area contributed by atoms with E-state index in [1.807, 2.05) is 42.5 Å². The van der Waals surface area contributed by atoms with Crippen molar-refractivity contribution >= 4 is 61.1 Å². The zero-order valence-electron chi connectivity index (χ0n) is 41.0. The first-order chi connectivity index (χ1) is 37.7. The second kappa shape index (κ2) is 16.4. The van der Waals surface area contributed by atoms with Crippen LogP contribution in [0.15, 0.2) is 265 Å². The molecule has 14 aromatic rings. The van der Waals surface area contributed by atoms with Crippen molar-refractivity contribution in [1.82, 2.24) is 19.5 Å². The maximum absolute atomic E-state index is 6.62. The van der Waals surface area contributed by atoms with Gasteiger partial charge < -0.3 is 8.98 Å². The van der Waals surface area contributed by atoms with Gasteiger partial charge in [-0.3, -0.25) is 4.90 Å². The minimum absolute atomic E-state index is 0.535. The van der Waals surface area contributed by atoms with Crippen molar-refractivity contribution in [2.75, 3.05) is 4.90 Å². The lowest BCUT2D eigenvalue weighted by Crippen LogP contribution is -2.36. The largest absolute Gasteiger partial charge is 0.456 e. The molecule has 0 fully saturated rings. The third kappa shape index (κ3) is 6.12. The quantitative estimate of drug-likeness (QED) is 0.166. The van der Waals surface area contributed by atoms with Crippen molar-refractivity contribution in [3.8, 4) is 61.8 Å². The lowest BCUT2D eigenvalue weighted by molar-refractivity contribution is 0.668. The molecule has 2 aliphatic rings. The van der Waals surface area contributed by atoms with Crippen LogP contribution in [0, 0.1) is 0 Å². The topological polar surface area (TPSA) is 60.0 Å². The number of para-hydroxylation sites is 3. The van der Waals surface area contributed by atoms with Gasteiger partial charge in [0.05, 0.1) is 27.8 Å². The highest BCUT2D eigenvalue weighted by atomic mass is 16.3. The van der Waals surface area contributed by atoms with Gasteiger partial charge >= 0.3 is 0 Å². The van der Waals surface area contributed by atoms with Crippen LogP contribution < -0.4 is 4.90 Å². The second-order valence-corrected chi connectivity index (χ2v) is 19.9. The first-order valence-electron chi connectivity index (χ1n) is 25.8. The maximum Gasteiger partial charge on any atom is 0.238 e. The van der Waals surface area contributed by atoms with E-state index >= 15 is 0 Å². The summed E-state index contributed by atoms with van der Waals surface area (Å²) in [6.45, 7) is 0. The van der Waals surface area contributed by atoms with Gasteiger partial charge in [0.15, 0.2) is 11.6 Å². The lowest BCUT2D eigenvalue weighted by Gasteiger charge is -2.44. The molecular weight excluding hydrogens is 927 g/mol. The molecule has 0 saturated heterocycles. The minimum atomic E-state index is -0.732. The van der Waals surface area contributed by atoms with Gasteiger partial charge in [-0.05, 0) is 110 Å². The van der Waals surface area contributed by atoms with Crippen LogP contribution in [0.4, 0.5) is 17.3 Å². The third-order valence-electron chi connectivity index (χ3n) is 15.9. The fraction of sp³-hybridized carbons (Fsp3) is 0.0143. The molecule has 1 aliphatic carbocycles. The van der Waals surface area contributed by atoms with E-state index in [0.717, 1.165) is 83.4 Å². The van der Waals surface area contributed by atoms with E-state index in [1.54, 1.807) is 0 Å². The monoisotopic (exact) mass is 969 g/mol. The van der Waals surface area contributed by atoms with Crippen LogP contribution in [0.25, 0.3) is 106 Å². The zero-order chi connectivity index (χ0) is 49.9. The second-order valence-electron chi connectivity index (χ2n) is 19.9. The summed E-state index contributed by atoms with van der Waals surface area (Å²) in [6, 6.07) is 93.5. The Labute approximate surface area is 438 Å². The molecule has 4 heterocycles. The lowest BCUT2D eigenvalue weighted by atomic mass is 9.64. The van der Waals surface area contributed by atoms with E-state index in [0.29, 0.717) is 17.6 Å². The summed E-state index contributed by atoms with van der Waals surface area (Å²) in [6.07, 6.45) is 0. The summed E-state index contributed by atoms with van der Waals surface area (Å²) >= 11 is 0. The first kappa shape index (κ1) is 42.3. The summed E-state index contributed by atoms with van der Waals surface area (Å²) in [5.74, 6) is 1.73. The molecule has 1 spiro atoms. The van der Waals surface area contributed by atoms with Crippen molar-refractivity contribution in [2.45, 2.75) is 5.41 Å². The van der Waals surface area contributed by atoms with Gasteiger partial charge in [0.25, 0.3) is 0 Å². The van der Waals surface area contributed by atoms with Gasteiger partial charge in [-0.1, -0.05) is 206 Å². The highest BCUT2D eigenvalue weighted by Gasteiger charge is 2.53. The third-order valence-corrected chi connectivity index (χ3v) is 15.9. The van der Waals surface area contributed by atoms with Crippen LogP contribution in [0.3, 0.4) is 0 Å². The summed E-state index contributed by atoms with van der Waals surface area (Å²) in [4.78, 5) is 18.3. The average molecular weight is 970 g/mol. The summed E-state index contributed by atoms with van der Waals surface area (Å²) in [5.41, 5.74) is 19.9. The number of anilines is 3. The summed E-state index contributed by atoms with van der Waals surface area (Å²) in [5, 5.41) is 4.62. The predicted octanol–water partition coefficient (Wildman–Crippen LogP) is 17.7. The molecule has 6 nitrogen and oxygen atoms in total. The van der Waals surface area contributed by atoms with E-state index < -0.39 is 5.41 Å². The Balaban J connectivity index is 0.958. The molecule has 1 atom stereocenters. The number of furan rings is 1. The van der Waals surface area contributed by atoms with Crippen molar-refractivity contribution in [3.63, 3.8) is 0 Å². The molecule has 1 aliphatic heterocycles. The molecule has 0 bridgehead atoms. The summed E-state index contributed by atoms with van der Waals surface area (Å²) in [7, 11) is 0. The standard InChI is InChI=1S/C70H43N5O/c1-4-18-44(19-5-1)45-32-36-50(37-33-45)74-59-29-15-11-24-51(59)54-42-48(35-40-60(54)74)49-34-38-57-62(43-49)75(69-72-67(46-20-6-2-7-21-46)71-68(73-69)47-22-8-3-9-23-47)61-30-16-14-28-56(61)70(57)55-27-13-10-25-52(55)65-58(70)39-41-64-66(65)53-26-12-17-31-63(53)76-64/h1-43H. The molecular formula is C70H43N5O. The smallest absolute Gasteiger partial charge is 0.238 e. The van der Waals surface area contributed by atoms with E-state index in [-0.39, 0.29) is 0 Å². The van der Waals surface area contributed by atoms with Gasteiger partial charge in [0.2, 0.25) is 5.95 Å². The van der Waals surface area contributed by atoms with Crippen molar-refractivity contribution in [3.05, 3.63) is 283 Å². The maximum atomic E-state index is 6.62. The number of rotatable bonds is 6. The van der Waals surface area contributed by atoms with Crippen LogP contribution in [-0.2, 0) is 5.41 Å². The number of nitrogens with zero attached hydrogens (tertiary/aromatic N) is 5. The Kier molecular flexibility index (Phi) is 9.15.